The lowest BCUT2D eigenvalue weighted by atomic mass is 9.73. The molecular formula is C17H23ClO2. The Morgan fingerprint density at radius 2 is 2.05 bits per heavy atom. The largest absolute Gasteiger partial charge is 0.450 e. The second-order valence-corrected chi connectivity index (χ2v) is 6.45. The van der Waals surface area contributed by atoms with Crippen molar-refractivity contribution in [3.8, 4) is 0 Å². The first kappa shape index (κ1) is 15.4. The van der Waals surface area contributed by atoms with Crippen LogP contribution in [0, 0.1) is 17.8 Å². The van der Waals surface area contributed by atoms with Crippen molar-refractivity contribution in [1.29, 1.82) is 0 Å². The van der Waals surface area contributed by atoms with Crippen molar-refractivity contribution < 1.29 is 9.53 Å². The fraction of sp³-hybridized carbons (Fsp3) is 0.588. The van der Waals surface area contributed by atoms with Crippen LogP contribution in [0.1, 0.15) is 38.7 Å². The van der Waals surface area contributed by atoms with Crippen LogP contribution in [0.15, 0.2) is 30.3 Å². The van der Waals surface area contributed by atoms with Crippen molar-refractivity contribution >= 4 is 17.0 Å². The van der Waals surface area contributed by atoms with Crippen LogP contribution in [0.4, 0.5) is 4.79 Å². The van der Waals surface area contributed by atoms with E-state index in [1.54, 1.807) is 0 Å². The van der Waals surface area contributed by atoms with Gasteiger partial charge in [0.05, 0.1) is 0 Å². The summed E-state index contributed by atoms with van der Waals surface area (Å²) >= 11 is 5.43. The van der Waals surface area contributed by atoms with Crippen LogP contribution >= 0.6 is 11.6 Å². The van der Waals surface area contributed by atoms with Gasteiger partial charge in [0.1, 0.15) is 6.10 Å². The maximum absolute atomic E-state index is 11.1. The van der Waals surface area contributed by atoms with Crippen molar-refractivity contribution in [3.63, 3.8) is 0 Å². The van der Waals surface area contributed by atoms with Crippen LogP contribution in [0.5, 0.6) is 0 Å². The van der Waals surface area contributed by atoms with E-state index in [2.05, 4.69) is 38.1 Å². The topological polar surface area (TPSA) is 26.3 Å². The fourth-order valence-electron chi connectivity index (χ4n) is 3.39. The molecule has 0 bridgehead atoms. The molecule has 20 heavy (non-hydrogen) atoms. The smallest absolute Gasteiger partial charge is 0.404 e. The molecule has 1 saturated carbocycles. The standard InChI is InChI=1S/C17H23ClO2/c1-12-8-9-15(16(10-12)20-17(18)19)13(2)11-14-6-4-3-5-7-14/h3-7,12-13,15-16H,8-11H2,1-2H3. The van der Waals surface area contributed by atoms with Gasteiger partial charge in [-0.2, -0.15) is 0 Å². The highest BCUT2D eigenvalue weighted by atomic mass is 35.5. The Morgan fingerprint density at radius 3 is 2.70 bits per heavy atom. The zero-order valence-electron chi connectivity index (χ0n) is 12.2. The average molecular weight is 295 g/mol. The molecule has 0 radical (unpaired) electrons. The molecule has 1 aliphatic rings. The van der Waals surface area contributed by atoms with E-state index in [1.807, 2.05) is 6.07 Å². The third-order valence-corrected chi connectivity index (χ3v) is 4.57. The van der Waals surface area contributed by atoms with Gasteiger partial charge in [-0.1, -0.05) is 50.6 Å². The molecule has 2 rings (SSSR count). The van der Waals surface area contributed by atoms with E-state index in [9.17, 15) is 4.79 Å². The molecule has 0 aromatic heterocycles. The van der Waals surface area contributed by atoms with Gasteiger partial charge in [-0.05, 0) is 42.6 Å². The Labute approximate surface area is 126 Å². The van der Waals surface area contributed by atoms with Crippen LogP contribution in [0.2, 0.25) is 0 Å². The van der Waals surface area contributed by atoms with Crippen LogP contribution in [0.25, 0.3) is 0 Å². The van der Waals surface area contributed by atoms with E-state index in [0.717, 1.165) is 19.3 Å². The monoisotopic (exact) mass is 294 g/mol. The van der Waals surface area contributed by atoms with E-state index in [-0.39, 0.29) is 6.10 Å². The molecule has 4 atom stereocenters. The number of hydrogen-bond acceptors (Lipinski definition) is 2. The summed E-state index contributed by atoms with van der Waals surface area (Å²) in [5.74, 6) is 1.51. The highest BCUT2D eigenvalue weighted by Gasteiger charge is 2.34. The van der Waals surface area contributed by atoms with Gasteiger partial charge in [0.15, 0.2) is 0 Å². The first-order chi connectivity index (χ1) is 9.56. The summed E-state index contributed by atoms with van der Waals surface area (Å²) in [5, 5.41) is 0. The van der Waals surface area contributed by atoms with E-state index >= 15 is 0 Å². The Bertz CT molecular complexity index is 432. The minimum Gasteiger partial charge on any atom is -0.450 e. The first-order valence-electron chi connectivity index (χ1n) is 7.46. The third kappa shape index (κ3) is 4.24. The van der Waals surface area contributed by atoms with Gasteiger partial charge in [0, 0.05) is 11.6 Å². The van der Waals surface area contributed by atoms with Gasteiger partial charge in [0.2, 0.25) is 0 Å². The summed E-state index contributed by atoms with van der Waals surface area (Å²) in [7, 11) is 0. The Morgan fingerprint density at radius 1 is 1.35 bits per heavy atom. The molecule has 0 aliphatic heterocycles. The lowest BCUT2D eigenvalue weighted by Crippen LogP contribution is -2.36. The highest BCUT2D eigenvalue weighted by Crippen LogP contribution is 2.37. The van der Waals surface area contributed by atoms with Crippen LogP contribution < -0.4 is 0 Å². The van der Waals surface area contributed by atoms with Crippen LogP contribution in [-0.4, -0.2) is 11.5 Å². The predicted molar refractivity (Wildman–Crippen MR) is 81.9 cm³/mol. The van der Waals surface area contributed by atoms with Crippen molar-refractivity contribution in [3.05, 3.63) is 35.9 Å². The van der Waals surface area contributed by atoms with Crippen molar-refractivity contribution in [2.75, 3.05) is 0 Å². The second kappa shape index (κ2) is 7.12. The zero-order valence-corrected chi connectivity index (χ0v) is 13.0. The van der Waals surface area contributed by atoms with Gasteiger partial charge in [-0.3, -0.25) is 0 Å². The molecule has 0 heterocycles. The molecule has 110 valence electrons. The minimum atomic E-state index is -0.666. The number of carbonyl (C=O) groups excluding carboxylic acids is 1. The predicted octanol–water partition coefficient (Wildman–Crippen LogP) is 5.05. The zero-order chi connectivity index (χ0) is 14.5. The first-order valence-corrected chi connectivity index (χ1v) is 7.84. The number of ether oxygens (including phenoxy) is 1. The maximum atomic E-state index is 11.1. The summed E-state index contributed by atoms with van der Waals surface area (Å²) in [6, 6.07) is 10.5. The molecule has 0 saturated heterocycles. The Kier molecular flexibility index (Phi) is 5.47. The maximum Gasteiger partial charge on any atom is 0.404 e. The highest BCUT2D eigenvalue weighted by molar-refractivity contribution is 6.61. The number of carbonyl (C=O) groups is 1. The quantitative estimate of drug-likeness (QED) is 0.727. The number of benzene rings is 1. The molecule has 2 nitrogen and oxygen atoms in total. The molecule has 0 amide bonds. The average Bonchev–Trinajstić information content (AvgIpc) is 2.39. The molecular weight excluding hydrogens is 272 g/mol. The van der Waals surface area contributed by atoms with E-state index in [1.165, 1.54) is 12.0 Å². The van der Waals surface area contributed by atoms with E-state index < -0.39 is 5.43 Å². The van der Waals surface area contributed by atoms with Crippen LogP contribution in [0.3, 0.4) is 0 Å². The van der Waals surface area contributed by atoms with Crippen LogP contribution in [-0.2, 0) is 11.2 Å². The molecule has 1 fully saturated rings. The van der Waals surface area contributed by atoms with Gasteiger partial charge < -0.3 is 4.74 Å². The summed E-state index contributed by atoms with van der Waals surface area (Å²) in [5.41, 5.74) is 0.676. The summed E-state index contributed by atoms with van der Waals surface area (Å²) in [6.45, 7) is 4.47. The van der Waals surface area contributed by atoms with Gasteiger partial charge in [-0.25, -0.2) is 4.79 Å². The molecule has 4 unspecified atom stereocenters. The summed E-state index contributed by atoms with van der Waals surface area (Å²) in [4.78, 5) is 11.1. The SMILES string of the molecule is CC1CCC(C(C)Cc2ccccc2)C(OC(=O)Cl)C1. The molecule has 1 aromatic carbocycles. The van der Waals surface area contributed by atoms with Gasteiger partial charge in [0.25, 0.3) is 0 Å². The molecule has 0 N–H and O–H groups in total. The second-order valence-electron chi connectivity index (χ2n) is 6.14. The molecule has 0 spiro atoms. The normalized spacial score (nSPS) is 27.9. The number of hydrogen-bond donors (Lipinski definition) is 0. The molecule has 1 aromatic rings. The third-order valence-electron chi connectivity index (χ3n) is 4.48. The molecule has 1 aliphatic carbocycles. The van der Waals surface area contributed by atoms with Gasteiger partial charge in [-0.15, -0.1) is 0 Å². The number of rotatable bonds is 4. The van der Waals surface area contributed by atoms with Crippen molar-refractivity contribution in [2.24, 2.45) is 17.8 Å². The summed E-state index contributed by atoms with van der Waals surface area (Å²) in [6.07, 6.45) is 4.25. The molecule has 3 heteroatoms. The fourth-order valence-corrected chi connectivity index (χ4v) is 3.51. The van der Waals surface area contributed by atoms with Gasteiger partial charge >= 0.3 is 5.43 Å². The lowest BCUT2D eigenvalue weighted by molar-refractivity contribution is 0.0145. The minimum absolute atomic E-state index is 0.0255. The summed E-state index contributed by atoms with van der Waals surface area (Å²) < 4.78 is 5.36. The van der Waals surface area contributed by atoms with Crippen molar-refractivity contribution in [1.82, 2.24) is 0 Å². The Hall–Kier alpha value is -1.02. The van der Waals surface area contributed by atoms with Crippen molar-refractivity contribution in [2.45, 2.75) is 45.6 Å². The number of halogens is 1. The van der Waals surface area contributed by atoms with E-state index in [0.29, 0.717) is 17.8 Å². The lowest BCUT2D eigenvalue weighted by Gasteiger charge is -2.37. The Balaban J connectivity index is 2.01. The van der Waals surface area contributed by atoms with E-state index in [4.69, 9.17) is 16.3 Å².